The Hall–Kier alpha value is -2.02. The molecule has 1 heterocycles. The van der Waals surface area contributed by atoms with E-state index >= 15 is 0 Å². The zero-order valence-corrected chi connectivity index (χ0v) is 13.6. The maximum atomic E-state index is 12.5. The van der Waals surface area contributed by atoms with Gasteiger partial charge in [0.15, 0.2) is 5.69 Å². The summed E-state index contributed by atoms with van der Waals surface area (Å²) in [5.41, 5.74) is 1.89. The van der Waals surface area contributed by atoms with Gasteiger partial charge in [-0.15, -0.1) is 0 Å². The number of carbonyl (C=O) groups excluding carboxylic acids is 1. The highest BCUT2D eigenvalue weighted by atomic mass is 32.2. The molecule has 0 spiro atoms. The molecule has 2 N–H and O–H groups in total. The number of nitrogens with zero attached hydrogens (tertiary/aromatic N) is 2. The molecule has 1 aliphatic rings. The first kappa shape index (κ1) is 15.9. The van der Waals surface area contributed by atoms with Crippen molar-refractivity contribution in [3.63, 3.8) is 0 Å². The number of H-pyrrole nitrogens is 1. The summed E-state index contributed by atoms with van der Waals surface area (Å²) in [7, 11) is -0.848. The Morgan fingerprint density at radius 3 is 2.87 bits per heavy atom. The molecule has 1 aliphatic carbocycles. The molecule has 0 bridgehead atoms. The lowest BCUT2D eigenvalue weighted by atomic mass is 10.0. The Kier molecular flexibility index (Phi) is 5.17. The zero-order chi connectivity index (χ0) is 16.1. The van der Waals surface area contributed by atoms with E-state index in [9.17, 15) is 9.00 Å². The number of hydrogen-bond acceptors (Lipinski definition) is 4. The summed E-state index contributed by atoms with van der Waals surface area (Å²) in [4.78, 5) is 12.0. The quantitative estimate of drug-likeness (QED) is 0.881. The third kappa shape index (κ3) is 4.25. The van der Waals surface area contributed by atoms with Gasteiger partial charge in [0.1, 0.15) is 0 Å². The Balaban J connectivity index is 1.62. The fraction of sp³-hybridized carbons (Fsp3) is 0.438. The topological polar surface area (TPSA) is 87.7 Å². The molecule has 0 radical (unpaired) electrons. The summed E-state index contributed by atoms with van der Waals surface area (Å²) in [6.45, 7) is 0. The first-order valence-electron chi connectivity index (χ1n) is 7.85. The van der Waals surface area contributed by atoms with Crippen LogP contribution in [-0.2, 0) is 16.6 Å². The van der Waals surface area contributed by atoms with Crippen molar-refractivity contribution in [3.05, 3.63) is 41.7 Å². The van der Waals surface area contributed by atoms with Crippen molar-refractivity contribution in [1.82, 2.24) is 15.4 Å². The molecule has 3 rings (SSSR count). The first-order chi connectivity index (χ1) is 11.2. The van der Waals surface area contributed by atoms with Gasteiger partial charge in [-0.25, -0.2) is 0 Å². The van der Waals surface area contributed by atoms with E-state index in [1.165, 1.54) is 25.5 Å². The number of amides is 1. The van der Waals surface area contributed by atoms with Crippen LogP contribution in [-0.4, -0.2) is 30.8 Å². The number of hydrogen-bond donors (Lipinski definition) is 2. The lowest BCUT2D eigenvalue weighted by Gasteiger charge is -2.21. The third-order valence-electron chi connectivity index (χ3n) is 4.07. The van der Waals surface area contributed by atoms with Gasteiger partial charge in [-0.05, 0) is 30.5 Å². The Morgan fingerprint density at radius 2 is 2.13 bits per heavy atom. The van der Waals surface area contributed by atoms with Gasteiger partial charge in [0.25, 0.3) is 5.91 Å². The average Bonchev–Trinajstić information content (AvgIpc) is 3.10. The van der Waals surface area contributed by atoms with Gasteiger partial charge < -0.3 is 5.32 Å². The highest BCUT2D eigenvalue weighted by molar-refractivity contribution is 7.84. The van der Waals surface area contributed by atoms with E-state index in [0.717, 1.165) is 18.4 Å². The van der Waals surface area contributed by atoms with Gasteiger partial charge in [0, 0.05) is 27.5 Å². The molecule has 122 valence electrons. The molecule has 0 aliphatic heterocycles. The molecular weight excluding hydrogens is 312 g/mol. The molecule has 23 heavy (non-hydrogen) atoms. The van der Waals surface area contributed by atoms with Crippen LogP contribution in [0, 0.1) is 0 Å². The van der Waals surface area contributed by atoms with Gasteiger partial charge in [0.2, 0.25) is 0 Å². The molecule has 1 atom stereocenters. The predicted molar refractivity (Wildman–Crippen MR) is 89.5 cm³/mol. The van der Waals surface area contributed by atoms with Crippen molar-refractivity contribution in [2.24, 2.45) is 0 Å². The standard InChI is InChI=1S/C16H20N4O2S/c21-16(15-10-17-20-19-15)18-13-6-4-5-12(9-13)11-23(22)14-7-2-1-3-8-14/h4-6,9-10,14H,1-3,7-8,11H2,(H,18,21)(H,17,19,20)/t23-/m0/s1. The molecule has 0 saturated heterocycles. The molecule has 1 fully saturated rings. The summed E-state index contributed by atoms with van der Waals surface area (Å²) in [6.07, 6.45) is 7.13. The molecule has 7 heteroatoms. The minimum atomic E-state index is -0.848. The van der Waals surface area contributed by atoms with E-state index in [4.69, 9.17) is 0 Å². The predicted octanol–water partition coefficient (Wildman–Crippen LogP) is 2.64. The van der Waals surface area contributed by atoms with Crippen molar-refractivity contribution in [2.45, 2.75) is 43.1 Å². The number of aromatic nitrogens is 3. The monoisotopic (exact) mass is 332 g/mol. The van der Waals surface area contributed by atoms with E-state index in [1.54, 1.807) is 0 Å². The fourth-order valence-corrected chi connectivity index (χ4v) is 4.46. The second-order valence-electron chi connectivity index (χ2n) is 5.79. The average molecular weight is 332 g/mol. The molecule has 2 aromatic rings. The molecular formula is C16H20N4O2S. The normalized spacial score (nSPS) is 16.9. The summed E-state index contributed by atoms with van der Waals surface area (Å²) >= 11 is 0. The summed E-state index contributed by atoms with van der Waals surface area (Å²) < 4.78 is 12.5. The van der Waals surface area contributed by atoms with Crippen LogP contribution < -0.4 is 5.32 Å². The lowest BCUT2D eigenvalue weighted by molar-refractivity contribution is 0.102. The van der Waals surface area contributed by atoms with Crippen LogP contribution in [0.5, 0.6) is 0 Å². The number of aromatic amines is 1. The number of rotatable bonds is 5. The van der Waals surface area contributed by atoms with Gasteiger partial charge in [0.05, 0.1) is 6.20 Å². The third-order valence-corrected chi connectivity index (χ3v) is 5.90. The zero-order valence-electron chi connectivity index (χ0n) is 12.8. The van der Waals surface area contributed by atoms with E-state index in [1.807, 2.05) is 24.3 Å². The van der Waals surface area contributed by atoms with Gasteiger partial charge in [-0.2, -0.15) is 15.4 Å². The molecule has 6 nitrogen and oxygen atoms in total. The molecule has 1 aromatic heterocycles. The van der Waals surface area contributed by atoms with Crippen LogP contribution in [0.15, 0.2) is 30.5 Å². The van der Waals surface area contributed by atoms with Crippen molar-refractivity contribution < 1.29 is 9.00 Å². The van der Waals surface area contributed by atoms with Crippen LogP contribution in [0.25, 0.3) is 0 Å². The number of carbonyl (C=O) groups is 1. The Bertz CT molecular complexity index is 681. The lowest BCUT2D eigenvalue weighted by Crippen LogP contribution is -2.20. The smallest absolute Gasteiger partial charge is 0.277 e. The summed E-state index contributed by atoms with van der Waals surface area (Å²) in [5, 5.41) is 12.9. The van der Waals surface area contributed by atoms with E-state index < -0.39 is 10.8 Å². The second kappa shape index (κ2) is 7.50. The van der Waals surface area contributed by atoms with Gasteiger partial charge >= 0.3 is 0 Å². The van der Waals surface area contributed by atoms with Crippen molar-refractivity contribution in [3.8, 4) is 0 Å². The van der Waals surface area contributed by atoms with Crippen molar-refractivity contribution >= 4 is 22.4 Å². The molecule has 0 unspecified atom stereocenters. The first-order valence-corrected chi connectivity index (χ1v) is 9.24. The minimum Gasteiger partial charge on any atom is -0.321 e. The van der Waals surface area contributed by atoms with Gasteiger partial charge in [-0.3, -0.25) is 9.00 Å². The van der Waals surface area contributed by atoms with Crippen LogP contribution in [0.3, 0.4) is 0 Å². The molecule has 1 aromatic carbocycles. The molecule has 1 saturated carbocycles. The Morgan fingerprint density at radius 1 is 1.30 bits per heavy atom. The van der Waals surface area contributed by atoms with Crippen LogP contribution in [0.1, 0.15) is 48.2 Å². The van der Waals surface area contributed by atoms with Crippen LogP contribution >= 0.6 is 0 Å². The highest BCUT2D eigenvalue weighted by Crippen LogP contribution is 2.24. The van der Waals surface area contributed by atoms with Crippen molar-refractivity contribution in [1.29, 1.82) is 0 Å². The van der Waals surface area contributed by atoms with Crippen molar-refractivity contribution in [2.75, 3.05) is 5.32 Å². The largest absolute Gasteiger partial charge is 0.321 e. The SMILES string of the molecule is O=C(Nc1cccc(C[S@](=O)C2CCCCC2)c1)c1cn[nH]n1. The molecule has 1 amide bonds. The minimum absolute atomic E-state index is 0.237. The summed E-state index contributed by atoms with van der Waals surface area (Å²) in [6, 6.07) is 7.50. The number of benzene rings is 1. The second-order valence-corrected chi connectivity index (χ2v) is 7.51. The maximum absolute atomic E-state index is 12.5. The van der Waals surface area contributed by atoms with Gasteiger partial charge in [-0.1, -0.05) is 31.4 Å². The number of nitrogens with one attached hydrogen (secondary N) is 2. The van der Waals surface area contributed by atoms with Crippen LogP contribution in [0.4, 0.5) is 5.69 Å². The van der Waals surface area contributed by atoms with E-state index in [0.29, 0.717) is 16.7 Å². The Labute approximate surface area is 137 Å². The summed E-state index contributed by atoms with van der Waals surface area (Å²) in [5.74, 6) is 0.225. The van der Waals surface area contributed by atoms with E-state index in [2.05, 4.69) is 20.7 Å². The number of anilines is 1. The maximum Gasteiger partial charge on any atom is 0.277 e. The fourth-order valence-electron chi connectivity index (χ4n) is 2.86. The highest BCUT2D eigenvalue weighted by Gasteiger charge is 2.20. The van der Waals surface area contributed by atoms with Crippen LogP contribution in [0.2, 0.25) is 0 Å². The van der Waals surface area contributed by atoms with E-state index in [-0.39, 0.29) is 11.6 Å².